The molecule has 12 heavy (non-hydrogen) atoms. The summed E-state index contributed by atoms with van der Waals surface area (Å²) in [7, 11) is 1.37. The van der Waals surface area contributed by atoms with E-state index in [1.165, 1.54) is 13.3 Å². The van der Waals surface area contributed by atoms with Gasteiger partial charge in [0.1, 0.15) is 0 Å². The van der Waals surface area contributed by atoms with E-state index in [0.29, 0.717) is 5.56 Å². The lowest BCUT2D eigenvalue weighted by Crippen LogP contribution is -2.08. The molecule has 0 aliphatic heterocycles. The van der Waals surface area contributed by atoms with E-state index in [-0.39, 0.29) is 11.9 Å². The van der Waals surface area contributed by atoms with Crippen LogP contribution in [0.25, 0.3) is 0 Å². The molecule has 4 heteroatoms. The zero-order valence-electron chi connectivity index (χ0n) is 7.04. The third-order valence-corrected chi connectivity index (χ3v) is 1.57. The van der Waals surface area contributed by atoms with Crippen molar-refractivity contribution in [3.8, 4) is 5.88 Å². The molecule has 66 valence electrons. The number of pyridine rings is 1. The summed E-state index contributed by atoms with van der Waals surface area (Å²) in [6, 6.07) is 1.20. The van der Waals surface area contributed by atoms with E-state index < -0.39 is 5.82 Å². The number of nitrogens with zero attached hydrogens (tertiary/aromatic N) is 1. The molecule has 3 nitrogen and oxygen atoms in total. The van der Waals surface area contributed by atoms with E-state index in [0.717, 1.165) is 0 Å². The highest BCUT2D eigenvalue weighted by Crippen LogP contribution is 2.20. The molecule has 1 aromatic rings. The number of ether oxygens (including phenoxy) is 1. The number of hydrogen-bond acceptors (Lipinski definition) is 3. The lowest BCUT2D eigenvalue weighted by Gasteiger charge is -2.08. The van der Waals surface area contributed by atoms with Gasteiger partial charge in [-0.05, 0) is 13.0 Å². The summed E-state index contributed by atoms with van der Waals surface area (Å²) in [6.07, 6.45) is 1.47. The Kier molecular flexibility index (Phi) is 2.60. The second-order valence-corrected chi connectivity index (χ2v) is 2.51. The highest BCUT2D eigenvalue weighted by molar-refractivity contribution is 5.25. The summed E-state index contributed by atoms with van der Waals surface area (Å²) in [4.78, 5) is 3.69. The molecule has 0 aromatic carbocycles. The smallest absolute Gasteiger partial charge is 0.250 e. The van der Waals surface area contributed by atoms with Gasteiger partial charge in [0.05, 0.1) is 7.11 Å². The predicted octanol–water partition coefficient (Wildman–Crippen LogP) is 1.25. The summed E-state index contributed by atoms with van der Waals surface area (Å²) >= 11 is 0. The van der Waals surface area contributed by atoms with E-state index in [1.807, 2.05) is 0 Å². The molecule has 0 unspecified atom stereocenters. The van der Waals surface area contributed by atoms with Crippen LogP contribution in [0, 0.1) is 5.82 Å². The van der Waals surface area contributed by atoms with Gasteiger partial charge in [-0.2, -0.15) is 0 Å². The van der Waals surface area contributed by atoms with Gasteiger partial charge in [-0.3, -0.25) is 0 Å². The van der Waals surface area contributed by atoms with E-state index in [1.54, 1.807) is 13.0 Å². The molecular weight excluding hydrogens is 159 g/mol. The normalized spacial score (nSPS) is 12.7. The zero-order valence-corrected chi connectivity index (χ0v) is 7.04. The molecule has 0 bridgehead atoms. The fourth-order valence-electron chi connectivity index (χ4n) is 0.933. The average molecular weight is 170 g/mol. The Balaban J connectivity index is 3.14. The van der Waals surface area contributed by atoms with Crippen molar-refractivity contribution in [2.75, 3.05) is 7.11 Å². The van der Waals surface area contributed by atoms with Crippen molar-refractivity contribution in [2.45, 2.75) is 13.0 Å². The lowest BCUT2D eigenvalue weighted by molar-refractivity contribution is 0.365. The first-order valence-electron chi connectivity index (χ1n) is 3.60. The molecule has 0 saturated heterocycles. The first-order chi connectivity index (χ1) is 5.66. The van der Waals surface area contributed by atoms with Crippen molar-refractivity contribution in [3.63, 3.8) is 0 Å². The first kappa shape index (κ1) is 8.93. The SMILES string of the molecule is COc1nccc([C@H](C)N)c1F. The maximum Gasteiger partial charge on any atom is 0.250 e. The van der Waals surface area contributed by atoms with Crippen molar-refractivity contribution in [2.24, 2.45) is 5.73 Å². The highest BCUT2D eigenvalue weighted by Gasteiger charge is 2.11. The average Bonchev–Trinajstić information content (AvgIpc) is 2.04. The molecule has 2 N–H and O–H groups in total. The summed E-state index contributed by atoms with van der Waals surface area (Å²) in [5, 5.41) is 0. The fourth-order valence-corrected chi connectivity index (χ4v) is 0.933. The summed E-state index contributed by atoms with van der Waals surface area (Å²) < 4.78 is 18.0. The van der Waals surface area contributed by atoms with Gasteiger partial charge in [0.2, 0.25) is 5.88 Å². The van der Waals surface area contributed by atoms with Gasteiger partial charge in [-0.25, -0.2) is 9.37 Å². The molecule has 0 amide bonds. The third-order valence-electron chi connectivity index (χ3n) is 1.57. The molecule has 0 aliphatic carbocycles. The lowest BCUT2D eigenvalue weighted by atomic mass is 10.1. The molecule has 1 rings (SSSR count). The van der Waals surface area contributed by atoms with Gasteiger partial charge in [0, 0.05) is 17.8 Å². The van der Waals surface area contributed by atoms with Crippen molar-refractivity contribution in [3.05, 3.63) is 23.6 Å². The van der Waals surface area contributed by atoms with E-state index >= 15 is 0 Å². The topological polar surface area (TPSA) is 48.1 Å². The predicted molar refractivity (Wildman–Crippen MR) is 43.3 cm³/mol. The molecule has 1 atom stereocenters. The molecule has 0 spiro atoms. The van der Waals surface area contributed by atoms with Gasteiger partial charge in [-0.15, -0.1) is 0 Å². The Morgan fingerprint density at radius 3 is 2.83 bits per heavy atom. The number of rotatable bonds is 2. The molecule has 1 heterocycles. The van der Waals surface area contributed by atoms with E-state index in [4.69, 9.17) is 10.5 Å². The van der Waals surface area contributed by atoms with Crippen LogP contribution in [0.4, 0.5) is 4.39 Å². The van der Waals surface area contributed by atoms with Gasteiger partial charge in [0.15, 0.2) is 5.82 Å². The van der Waals surface area contributed by atoms with Crippen LogP contribution in [-0.4, -0.2) is 12.1 Å². The number of hydrogen-bond donors (Lipinski definition) is 1. The molecular formula is C8H11FN2O. The number of nitrogens with two attached hydrogens (primary N) is 1. The van der Waals surface area contributed by atoms with Crippen LogP contribution in [0.1, 0.15) is 18.5 Å². The summed E-state index contributed by atoms with van der Waals surface area (Å²) in [6.45, 7) is 1.71. The third kappa shape index (κ3) is 1.53. The Morgan fingerprint density at radius 2 is 2.33 bits per heavy atom. The quantitative estimate of drug-likeness (QED) is 0.726. The zero-order chi connectivity index (χ0) is 9.14. The minimum Gasteiger partial charge on any atom is -0.479 e. The molecule has 0 aliphatic rings. The molecule has 0 radical (unpaired) electrons. The van der Waals surface area contributed by atoms with E-state index in [9.17, 15) is 4.39 Å². The minimum absolute atomic E-state index is 0.00944. The van der Waals surface area contributed by atoms with Gasteiger partial charge in [-0.1, -0.05) is 0 Å². The number of aromatic nitrogens is 1. The number of methoxy groups -OCH3 is 1. The summed E-state index contributed by atoms with van der Waals surface area (Å²) in [5.74, 6) is -0.486. The van der Waals surface area contributed by atoms with Crippen molar-refractivity contribution in [1.82, 2.24) is 4.98 Å². The van der Waals surface area contributed by atoms with Crippen LogP contribution >= 0.6 is 0 Å². The second-order valence-electron chi connectivity index (χ2n) is 2.51. The van der Waals surface area contributed by atoms with Crippen LogP contribution in [0.3, 0.4) is 0 Å². The second kappa shape index (κ2) is 3.49. The maximum absolute atomic E-state index is 13.3. The molecule has 1 aromatic heterocycles. The minimum atomic E-state index is -0.477. The van der Waals surface area contributed by atoms with Crippen molar-refractivity contribution < 1.29 is 9.13 Å². The Bertz CT molecular complexity index is 276. The van der Waals surface area contributed by atoms with Crippen LogP contribution in [0.15, 0.2) is 12.3 Å². The molecule has 0 fully saturated rings. The van der Waals surface area contributed by atoms with Crippen LogP contribution < -0.4 is 10.5 Å². The fraction of sp³-hybridized carbons (Fsp3) is 0.375. The van der Waals surface area contributed by atoms with E-state index in [2.05, 4.69) is 4.98 Å². The Labute approximate surface area is 70.4 Å². The Hall–Kier alpha value is -1.16. The first-order valence-corrected chi connectivity index (χ1v) is 3.60. The largest absolute Gasteiger partial charge is 0.479 e. The standard InChI is InChI=1S/C8H11FN2O/c1-5(10)6-3-4-11-8(12-2)7(6)9/h3-5H,10H2,1-2H3/t5-/m0/s1. The van der Waals surface area contributed by atoms with Crippen molar-refractivity contribution >= 4 is 0 Å². The molecule has 0 saturated carbocycles. The Morgan fingerprint density at radius 1 is 1.67 bits per heavy atom. The van der Waals surface area contributed by atoms with Crippen LogP contribution in [0.2, 0.25) is 0 Å². The highest BCUT2D eigenvalue weighted by atomic mass is 19.1. The monoisotopic (exact) mass is 170 g/mol. The van der Waals surface area contributed by atoms with Gasteiger partial charge in [0.25, 0.3) is 0 Å². The van der Waals surface area contributed by atoms with Gasteiger partial charge >= 0.3 is 0 Å². The van der Waals surface area contributed by atoms with Crippen LogP contribution in [0.5, 0.6) is 5.88 Å². The number of halogens is 1. The van der Waals surface area contributed by atoms with Gasteiger partial charge < -0.3 is 10.5 Å². The maximum atomic E-state index is 13.3. The van der Waals surface area contributed by atoms with Crippen LogP contribution in [-0.2, 0) is 0 Å². The van der Waals surface area contributed by atoms with Crippen molar-refractivity contribution in [1.29, 1.82) is 0 Å². The summed E-state index contributed by atoms with van der Waals surface area (Å²) in [5.41, 5.74) is 5.93.